The van der Waals surface area contributed by atoms with E-state index in [1.807, 2.05) is 6.07 Å². The van der Waals surface area contributed by atoms with Crippen LogP contribution in [0.1, 0.15) is 73.3 Å². The third-order valence-electron chi connectivity index (χ3n) is 9.13. The Morgan fingerprint density at radius 2 is 1.78 bits per heavy atom. The number of hydrogen-bond acceptors (Lipinski definition) is 3. The van der Waals surface area contributed by atoms with Gasteiger partial charge in [-0.3, -0.25) is 0 Å². The lowest BCUT2D eigenvalue weighted by molar-refractivity contribution is -0.946. The van der Waals surface area contributed by atoms with Gasteiger partial charge in [-0.05, 0) is 47.9 Å². The summed E-state index contributed by atoms with van der Waals surface area (Å²) in [6, 6.07) is 17.2. The maximum absolute atomic E-state index is 11.1. The Hall–Kier alpha value is -1.98. The Morgan fingerprint density at radius 3 is 2.50 bits per heavy atom. The maximum atomic E-state index is 11.1. The minimum absolute atomic E-state index is 0.234. The lowest BCUT2D eigenvalue weighted by Crippen LogP contribution is -2.65. The Balaban J connectivity index is 1.13. The van der Waals surface area contributed by atoms with Crippen molar-refractivity contribution in [3.8, 4) is 0 Å². The number of fused-ring (bicyclic) bond motifs is 3. The van der Waals surface area contributed by atoms with Crippen molar-refractivity contribution in [2.45, 2.75) is 70.2 Å². The van der Waals surface area contributed by atoms with Crippen molar-refractivity contribution in [3.05, 3.63) is 82.9 Å². The molecule has 0 amide bonds. The minimum atomic E-state index is -0.582. The van der Waals surface area contributed by atoms with Gasteiger partial charge in [0.2, 0.25) is 0 Å². The fourth-order valence-corrected chi connectivity index (χ4v) is 6.77. The van der Waals surface area contributed by atoms with Crippen molar-refractivity contribution in [1.29, 1.82) is 0 Å². The van der Waals surface area contributed by atoms with E-state index in [-0.39, 0.29) is 6.10 Å². The zero-order chi connectivity index (χ0) is 25.0. The summed E-state index contributed by atoms with van der Waals surface area (Å²) in [4.78, 5) is 0. The van der Waals surface area contributed by atoms with E-state index in [4.69, 9.17) is 9.47 Å². The molecule has 36 heavy (non-hydrogen) atoms. The van der Waals surface area contributed by atoms with Crippen LogP contribution in [0, 0.1) is 5.92 Å². The number of piperidine rings is 3. The molecule has 2 aromatic rings. The first-order valence-corrected chi connectivity index (χ1v) is 14.1. The van der Waals surface area contributed by atoms with Crippen LogP contribution in [0.2, 0.25) is 0 Å². The normalized spacial score (nSPS) is 28.5. The van der Waals surface area contributed by atoms with Crippen molar-refractivity contribution < 1.29 is 19.1 Å². The molecule has 2 bridgehead atoms. The number of benzene rings is 2. The molecular formula is C32H44NO3+. The lowest BCUT2D eigenvalue weighted by Gasteiger charge is -2.52. The molecule has 1 N–H and O–H groups in total. The van der Waals surface area contributed by atoms with Crippen LogP contribution in [-0.4, -0.2) is 55.1 Å². The summed E-state index contributed by atoms with van der Waals surface area (Å²) in [6.45, 7) is 12.9. The number of aliphatic hydroxyl groups excluding tert-OH is 1. The Bertz CT molecular complexity index is 1010. The van der Waals surface area contributed by atoms with E-state index < -0.39 is 6.10 Å². The fourth-order valence-electron chi connectivity index (χ4n) is 6.77. The molecule has 3 atom stereocenters. The first-order valence-electron chi connectivity index (χ1n) is 14.1. The molecule has 3 saturated heterocycles. The number of hydrogen-bond donors (Lipinski definition) is 1. The predicted octanol–water partition coefficient (Wildman–Crippen LogP) is 5.95. The summed E-state index contributed by atoms with van der Waals surface area (Å²) < 4.78 is 13.7. The van der Waals surface area contributed by atoms with Gasteiger partial charge in [0.15, 0.2) is 0 Å². The predicted molar refractivity (Wildman–Crippen MR) is 145 cm³/mol. The fraction of sp³-hybridized carbons (Fsp3) is 0.562. The number of ether oxygens (including phenoxy) is 2. The highest BCUT2D eigenvalue weighted by molar-refractivity contribution is 5.38. The second kappa shape index (κ2) is 11.6. The summed E-state index contributed by atoms with van der Waals surface area (Å²) >= 11 is 0. The molecule has 2 aromatic carbocycles. The Morgan fingerprint density at radius 1 is 1.03 bits per heavy atom. The maximum Gasteiger partial charge on any atom is 0.110 e. The molecule has 3 aliphatic heterocycles. The number of aryl methyl sites for hydroxylation is 1. The summed E-state index contributed by atoms with van der Waals surface area (Å²) in [5.74, 6) is 1.01. The molecule has 1 saturated carbocycles. The van der Waals surface area contributed by atoms with Gasteiger partial charge in [-0.1, -0.05) is 67.6 Å². The molecule has 1 unspecified atom stereocenters. The molecule has 4 heteroatoms. The molecule has 194 valence electrons. The molecule has 0 spiro atoms. The van der Waals surface area contributed by atoms with Crippen LogP contribution in [-0.2, 0) is 22.5 Å². The highest BCUT2D eigenvalue weighted by Crippen LogP contribution is 2.41. The van der Waals surface area contributed by atoms with E-state index in [0.717, 1.165) is 49.0 Å². The first kappa shape index (κ1) is 25.7. The van der Waals surface area contributed by atoms with Gasteiger partial charge < -0.3 is 19.1 Å². The third kappa shape index (κ3) is 5.78. The quantitative estimate of drug-likeness (QED) is 0.240. The number of allylic oxidation sites excluding steroid dienone is 1. The smallest absolute Gasteiger partial charge is 0.110 e. The van der Waals surface area contributed by atoms with Crippen LogP contribution >= 0.6 is 0 Å². The molecular weight excluding hydrogens is 446 g/mol. The SMILES string of the molecule is C=C1CCCC1c1ccccc1[C@@H](O)CO[C@H]1C[N+]2(CCOCc3ccc(CC)cc3)CCC1CC2. The zero-order valence-electron chi connectivity index (χ0n) is 22.0. The second-order valence-corrected chi connectivity index (χ2v) is 11.4. The molecule has 4 fully saturated rings. The molecule has 1 aliphatic carbocycles. The van der Waals surface area contributed by atoms with Gasteiger partial charge in [-0.15, -0.1) is 0 Å². The first-order chi connectivity index (χ1) is 17.6. The van der Waals surface area contributed by atoms with E-state index in [9.17, 15) is 5.11 Å². The molecule has 0 radical (unpaired) electrons. The highest BCUT2D eigenvalue weighted by Gasteiger charge is 2.46. The van der Waals surface area contributed by atoms with Gasteiger partial charge in [-0.2, -0.15) is 0 Å². The molecule has 0 aromatic heterocycles. The third-order valence-corrected chi connectivity index (χ3v) is 9.13. The summed E-state index contributed by atoms with van der Waals surface area (Å²) in [5, 5.41) is 11.1. The van der Waals surface area contributed by atoms with Gasteiger partial charge >= 0.3 is 0 Å². The van der Waals surface area contributed by atoms with Crippen LogP contribution in [0.5, 0.6) is 0 Å². The van der Waals surface area contributed by atoms with Crippen LogP contribution in [0.15, 0.2) is 60.7 Å². The van der Waals surface area contributed by atoms with Crippen molar-refractivity contribution in [2.75, 3.05) is 39.4 Å². The number of quaternary nitrogens is 1. The highest BCUT2D eigenvalue weighted by atomic mass is 16.5. The van der Waals surface area contributed by atoms with Crippen molar-refractivity contribution in [3.63, 3.8) is 0 Å². The zero-order valence-corrected chi connectivity index (χ0v) is 22.0. The van der Waals surface area contributed by atoms with E-state index >= 15 is 0 Å². The number of aliphatic hydroxyl groups is 1. The number of rotatable bonds is 11. The molecule has 4 aliphatic rings. The minimum Gasteiger partial charge on any atom is -0.386 e. The van der Waals surface area contributed by atoms with Crippen LogP contribution in [0.3, 0.4) is 0 Å². The standard InChI is InChI=1S/C32H44NO3/c1-3-25-11-13-26(14-12-25)22-35-20-19-33-17-15-27(16-18-33)32(21-33)36-23-31(34)30-9-5-4-8-29(30)28-10-6-7-24(28)2/h4-5,8-9,11-14,27-28,31-32,34H,2-3,6-7,10,15-23H2,1H3/q+1/t27?,28?,31-,32-,33?/m0/s1. The largest absolute Gasteiger partial charge is 0.386 e. The van der Waals surface area contributed by atoms with Gasteiger partial charge in [0.1, 0.15) is 25.3 Å². The van der Waals surface area contributed by atoms with Crippen molar-refractivity contribution in [2.24, 2.45) is 5.92 Å². The van der Waals surface area contributed by atoms with E-state index in [2.05, 4.69) is 56.0 Å². The van der Waals surface area contributed by atoms with Crippen molar-refractivity contribution >= 4 is 0 Å². The average molecular weight is 491 g/mol. The van der Waals surface area contributed by atoms with E-state index in [0.29, 0.717) is 25.0 Å². The van der Waals surface area contributed by atoms with Crippen LogP contribution < -0.4 is 0 Å². The average Bonchev–Trinajstić information content (AvgIpc) is 3.36. The Labute approximate surface area is 217 Å². The van der Waals surface area contributed by atoms with Gasteiger partial charge in [0.25, 0.3) is 0 Å². The molecule has 4 nitrogen and oxygen atoms in total. The summed E-state index contributed by atoms with van der Waals surface area (Å²) in [6.07, 6.45) is 6.60. The van der Waals surface area contributed by atoms with E-state index in [1.165, 1.54) is 54.6 Å². The summed E-state index contributed by atoms with van der Waals surface area (Å²) in [5.41, 5.74) is 6.20. The van der Waals surface area contributed by atoms with Crippen molar-refractivity contribution in [1.82, 2.24) is 0 Å². The number of nitrogens with zero attached hydrogens (tertiary/aromatic N) is 1. The van der Waals surface area contributed by atoms with Gasteiger partial charge in [0, 0.05) is 24.7 Å². The van der Waals surface area contributed by atoms with E-state index in [1.54, 1.807) is 0 Å². The van der Waals surface area contributed by atoms with Gasteiger partial charge in [-0.25, -0.2) is 0 Å². The lowest BCUT2D eigenvalue weighted by atomic mass is 9.83. The monoisotopic (exact) mass is 490 g/mol. The van der Waals surface area contributed by atoms with Crippen LogP contribution in [0.25, 0.3) is 0 Å². The summed E-state index contributed by atoms with van der Waals surface area (Å²) in [7, 11) is 0. The second-order valence-electron chi connectivity index (χ2n) is 11.4. The molecule has 3 heterocycles. The molecule has 6 rings (SSSR count). The Kier molecular flexibility index (Phi) is 8.27. The topological polar surface area (TPSA) is 38.7 Å². The van der Waals surface area contributed by atoms with Crippen LogP contribution in [0.4, 0.5) is 0 Å². The van der Waals surface area contributed by atoms with Gasteiger partial charge in [0.05, 0.1) is 32.9 Å².